The van der Waals surface area contributed by atoms with Gasteiger partial charge in [0.25, 0.3) is 0 Å². The van der Waals surface area contributed by atoms with Gasteiger partial charge in [0, 0.05) is 13.1 Å². The fourth-order valence-electron chi connectivity index (χ4n) is 1.35. The molecular formula is C10H13N3O2. The quantitative estimate of drug-likeness (QED) is 0.688. The van der Waals surface area contributed by atoms with Crippen molar-refractivity contribution < 1.29 is 9.53 Å². The summed E-state index contributed by atoms with van der Waals surface area (Å²) in [5, 5.41) is 7.81. The fourth-order valence-corrected chi connectivity index (χ4v) is 1.35. The van der Waals surface area contributed by atoms with Crippen LogP contribution in [0.1, 0.15) is 23.8 Å². The van der Waals surface area contributed by atoms with Gasteiger partial charge >= 0.3 is 5.97 Å². The van der Waals surface area contributed by atoms with Gasteiger partial charge in [-0.2, -0.15) is 0 Å². The van der Waals surface area contributed by atoms with Crippen molar-refractivity contribution in [2.75, 3.05) is 24.6 Å². The summed E-state index contributed by atoms with van der Waals surface area (Å²) in [4.78, 5) is 13.4. The summed E-state index contributed by atoms with van der Waals surface area (Å²) in [6, 6.07) is 3.46. The molecule has 0 unspecified atom stereocenters. The van der Waals surface area contributed by atoms with E-state index in [9.17, 15) is 4.79 Å². The third kappa shape index (κ3) is 2.06. The Hall–Kier alpha value is -1.65. The van der Waals surface area contributed by atoms with Gasteiger partial charge in [-0.05, 0) is 25.5 Å². The first-order valence-electron chi connectivity index (χ1n) is 5.07. The average molecular weight is 207 g/mol. The van der Waals surface area contributed by atoms with Crippen LogP contribution in [0.4, 0.5) is 5.82 Å². The summed E-state index contributed by atoms with van der Waals surface area (Å²) in [6.07, 6.45) is 1.20. The van der Waals surface area contributed by atoms with Crippen molar-refractivity contribution in [3.05, 3.63) is 17.8 Å². The Bertz CT molecular complexity index is 346. The smallest absolute Gasteiger partial charge is 0.358 e. The van der Waals surface area contributed by atoms with E-state index in [2.05, 4.69) is 15.1 Å². The second-order valence-corrected chi connectivity index (χ2v) is 3.34. The molecular weight excluding hydrogens is 194 g/mol. The molecule has 15 heavy (non-hydrogen) atoms. The highest BCUT2D eigenvalue weighted by atomic mass is 16.5. The van der Waals surface area contributed by atoms with E-state index in [-0.39, 0.29) is 5.69 Å². The van der Waals surface area contributed by atoms with Gasteiger partial charge in [-0.25, -0.2) is 4.79 Å². The number of esters is 1. The van der Waals surface area contributed by atoms with E-state index in [1.54, 1.807) is 19.1 Å². The highest BCUT2D eigenvalue weighted by molar-refractivity contribution is 5.87. The zero-order chi connectivity index (χ0) is 10.7. The molecule has 0 aliphatic carbocycles. The summed E-state index contributed by atoms with van der Waals surface area (Å²) >= 11 is 0. The zero-order valence-electron chi connectivity index (χ0n) is 8.64. The number of anilines is 1. The summed E-state index contributed by atoms with van der Waals surface area (Å²) < 4.78 is 4.81. The first kappa shape index (κ1) is 9.89. The topological polar surface area (TPSA) is 55.3 Å². The van der Waals surface area contributed by atoms with Gasteiger partial charge in [0.1, 0.15) is 0 Å². The van der Waals surface area contributed by atoms with E-state index in [1.165, 1.54) is 6.42 Å². The molecule has 0 atom stereocenters. The third-order valence-electron chi connectivity index (χ3n) is 2.32. The van der Waals surface area contributed by atoms with E-state index in [0.717, 1.165) is 18.9 Å². The van der Waals surface area contributed by atoms with E-state index in [0.29, 0.717) is 6.61 Å². The maximum atomic E-state index is 11.3. The molecule has 0 radical (unpaired) electrons. The molecule has 0 bridgehead atoms. The van der Waals surface area contributed by atoms with Crippen LogP contribution in [0.5, 0.6) is 0 Å². The van der Waals surface area contributed by atoms with Crippen LogP contribution in [0, 0.1) is 0 Å². The van der Waals surface area contributed by atoms with Crippen LogP contribution in [0.2, 0.25) is 0 Å². The number of nitrogens with zero attached hydrogens (tertiary/aromatic N) is 3. The molecule has 1 aliphatic rings. The number of aromatic nitrogens is 2. The second kappa shape index (κ2) is 4.25. The van der Waals surface area contributed by atoms with Crippen LogP contribution in [0.15, 0.2) is 12.1 Å². The Morgan fingerprint density at radius 1 is 1.47 bits per heavy atom. The highest BCUT2D eigenvalue weighted by Gasteiger charge is 2.17. The molecule has 1 saturated heterocycles. The van der Waals surface area contributed by atoms with Gasteiger partial charge in [0.05, 0.1) is 6.61 Å². The number of ether oxygens (including phenoxy) is 1. The predicted octanol–water partition coefficient (Wildman–Crippen LogP) is 0.863. The van der Waals surface area contributed by atoms with E-state index in [1.807, 2.05) is 0 Å². The first-order valence-corrected chi connectivity index (χ1v) is 5.07. The zero-order valence-corrected chi connectivity index (χ0v) is 8.64. The lowest BCUT2D eigenvalue weighted by molar-refractivity contribution is 0.0518. The summed E-state index contributed by atoms with van der Waals surface area (Å²) in [6.45, 7) is 4.16. The van der Waals surface area contributed by atoms with E-state index >= 15 is 0 Å². The molecule has 1 fully saturated rings. The van der Waals surface area contributed by atoms with Crippen molar-refractivity contribution in [2.45, 2.75) is 13.3 Å². The standard InChI is InChI=1S/C10H13N3O2/c1-2-15-10(14)8-4-5-9(12-11-8)13-6-3-7-13/h4-5H,2-3,6-7H2,1H3. The highest BCUT2D eigenvalue weighted by Crippen LogP contribution is 2.16. The van der Waals surface area contributed by atoms with Gasteiger partial charge in [0.2, 0.25) is 0 Å². The van der Waals surface area contributed by atoms with Crippen LogP contribution in [0.3, 0.4) is 0 Å². The minimum Gasteiger partial charge on any atom is -0.461 e. The Morgan fingerprint density at radius 3 is 2.73 bits per heavy atom. The summed E-state index contributed by atoms with van der Waals surface area (Å²) in [7, 11) is 0. The molecule has 0 saturated carbocycles. The Kier molecular flexibility index (Phi) is 2.80. The van der Waals surface area contributed by atoms with Crippen LogP contribution < -0.4 is 4.90 Å². The first-order chi connectivity index (χ1) is 7.31. The SMILES string of the molecule is CCOC(=O)c1ccc(N2CCC2)nn1. The van der Waals surface area contributed by atoms with Crippen molar-refractivity contribution >= 4 is 11.8 Å². The van der Waals surface area contributed by atoms with Crippen molar-refractivity contribution in [1.29, 1.82) is 0 Å². The predicted molar refractivity (Wildman–Crippen MR) is 54.8 cm³/mol. The summed E-state index contributed by atoms with van der Waals surface area (Å²) in [5.41, 5.74) is 0.265. The number of hydrogen-bond acceptors (Lipinski definition) is 5. The minimum atomic E-state index is -0.417. The molecule has 0 amide bonds. The van der Waals surface area contributed by atoms with Crippen LogP contribution in [-0.2, 0) is 4.74 Å². The Balaban J connectivity index is 2.06. The van der Waals surface area contributed by atoms with Crippen molar-refractivity contribution in [3.8, 4) is 0 Å². The van der Waals surface area contributed by atoms with E-state index < -0.39 is 5.97 Å². The van der Waals surface area contributed by atoms with Crippen molar-refractivity contribution in [1.82, 2.24) is 10.2 Å². The largest absolute Gasteiger partial charge is 0.461 e. The van der Waals surface area contributed by atoms with Crippen molar-refractivity contribution in [3.63, 3.8) is 0 Å². The maximum absolute atomic E-state index is 11.3. The lowest BCUT2D eigenvalue weighted by Crippen LogP contribution is -2.37. The number of rotatable bonds is 3. The molecule has 5 heteroatoms. The third-order valence-corrected chi connectivity index (χ3v) is 2.32. The molecule has 1 aromatic rings. The lowest BCUT2D eigenvalue weighted by Gasteiger charge is -2.31. The molecule has 0 spiro atoms. The minimum absolute atomic E-state index is 0.265. The average Bonchev–Trinajstić information content (AvgIpc) is 2.16. The number of carbonyl (C=O) groups is 1. The van der Waals surface area contributed by atoms with Crippen LogP contribution in [-0.4, -0.2) is 35.9 Å². The monoisotopic (exact) mass is 207 g/mol. The van der Waals surface area contributed by atoms with Gasteiger partial charge in [-0.1, -0.05) is 0 Å². The van der Waals surface area contributed by atoms with Gasteiger partial charge < -0.3 is 9.64 Å². The summed E-state index contributed by atoms with van der Waals surface area (Å²) in [5.74, 6) is 0.412. The van der Waals surface area contributed by atoms with Crippen molar-refractivity contribution in [2.24, 2.45) is 0 Å². The van der Waals surface area contributed by atoms with Crippen LogP contribution in [0.25, 0.3) is 0 Å². The fraction of sp³-hybridized carbons (Fsp3) is 0.500. The Morgan fingerprint density at radius 2 is 2.27 bits per heavy atom. The molecule has 5 nitrogen and oxygen atoms in total. The van der Waals surface area contributed by atoms with Gasteiger partial charge in [-0.15, -0.1) is 10.2 Å². The van der Waals surface area contributed by atoms with E-state index in [4.69, 9.17) is 4.74 Å². The molecule has 2 heterocycles. The molecule has 0 N–H and O–H groups in total. The molecule has 80 valence electrons. The van der Waals surface area contributed by atoms with Crippen LogP contribution >= 0.6 is 0 Å². The molecule has 0 aromatic carbocycles. The molecule has 1 aliphatic heterocycles. The lowest BCUT2D eigenvalue weighted by atomic mass is 10.2. The molecule has 2 rings (SSSR count). The number of carbonyl (C=O) groups excluding carboxylic acids is 1. The second-order valence-electron chi connectivity index (χ2n) is 3.34. The molecule has 1 aromatic heterocycles. The maximum Gasteiger partial charge on any atom is 0.358 e. The Labute approximate surface area is 88.1 Å². The number of hydrogen-bond donors (Lipinski definition) is 0. The normalized spacial score (nSPS) is 14.6. The van der Waals surface area contributed by atoms with Gasteiger partial charge in [0.15, 0.2) is 11.5 Å². The van der Waals surface area contributed by atoms with Gasteiger partial charge in [-0.3, -0.25) is 0 Å².